The van der Waals surface area contributed by atoms with Crippen molar-refractivity contribution in [2.45, 2.75) is 6.92 Å². The fourth-order valence-electron chi connectivity index (χ4n) is 2.85. The molecule has 0 aliphatic heterocycles. The summed E-state index contributed by atoms with van der Waals surface area (Å²) in [5.41, 5.74) is 5.09. The Balaban J connectivity index is 1.62. The lowest BCUT2D eigenvalue weighted by Gasteiger charge is -2.07. The summed E-state index contributed by atoms with van der Waals surface area (Å²) in [6, 6.07) is 15.4. The number of nitro groups is 1. The molecule has 0 amide bonds. The number of nitrogens with one attached hydrogen (secondary N) is 2. The number of nitrogens with zero attached hydrogens (tertiary/aromatic N) is 4. The summed E-state index contributed by atoms with van der Waals surface area (Å²) in [6.07, 6.45) is 4.88. The van der Waals surface area contributed by atoms with Crippen molar-refractivity contribution < 1.29 is 4.92 Å². The number of allylic oxidation sites excluding steroid dienone is 1. The molecule has 1 aromatic heterocycles. The van der Waals surface area contributed by atoms with Crippen LogP contribution in [0.2, 0.25) is 0 Å². The van der Waals surface area contributed by atoms with Gasteiger partial charge in [0.1, 0.15) is 5.69 Å². The first-order valence-corrected chi connectivity index (χ1v) is 9.64. The van der Waals surface area contributed by atoms with Crippen LogP contribution in [0.3, 0.4) is 0 Å². The second-order valence-corrected chi connectivity index (χ2v) is 6.90. The van der Waals surface area contributed by atoms with Crippen molar-refractivity contribution in [2.24, 2.45) is 12.1 Å². The summed E-state index contributed by atoms with van der Waals surface area (Å²) in [7, 11) is 1.80. The molecule has 0 fully saturated rings. The lowest BCUT2D eigenvalue weighted by Crippen LogP contribution is -2.28. The Morgan fingerprint density at radius 3 is 2.48 bits per heavy atom. The van der Waals surface area contributed by atoms with Gasteiger partial charge < -0.3 is 5.32 Å². The van der Waals surface area contributed by atoms with Gasteiger partial charge in [0.05, 0.1) is 16.3 Å². The largest absolute Gasteiger partial charge is 0.325 e. The average Bonchev–Trinajstić information content (AvgIpc) is 2.97. The van der Waals surface area contributed by atoms with E-state index in [0.717, 1.165) is 16.9 Å². The van der Waals surface area contributed by atoms with Crippen molar-refractivity contribution in [3.05, 3.63) is 92.4 Å². The molecular formula is C21H20N6O3S. The number of para-hydroxylation sites is 1. The van der Waals surface area contributed by atoms with E-state index >= 15 is 0 Å². The van der Waals surface area contributed by atoms with Gasteiger partial charge in [0.2, 0.25) is 0 Å². The summed E-state index contributed by atoms with van der Waals surface area (Å²) in [5.74, 6) is 0. The van der Waals surface area contributed by atoms with Gasteiger partial charge in [-0.15, -0.1) is 0 Å². The van der Waals surface area contributed by atoms with Crippen LogP contribution in [-0.4, -0.2) is 25.6 Å². The number of hydrazone groups is 1. The quantitative estimate of drug-likeness (QED) is 0.266. The molecule has 0 aliphatic carbocycles. The molecule has 3 rings (SSSR count). The SMILES string of the molecule is Cc1c(NC(=S)NN=C/C=C/c2ccc([N+](=O)[O-])cc2)c(=O)n(-c2ccccc2)n1C. The predicted molar refractivity (Wildman–Crippen MR) is 126 cm³/mol. The average molecular weight is 436 g/mol. The summed E-state index contributed by atoms with van der Waals surface area (Å²) in [5, 5.41) is 17.7. The van der Waals surface area contributed by atoms with Crippen LogP contribution < -0.4 is 16.3 Å². The molecule has 158 valence electrons. The molecule has 1 heterocycles. The highest BCUT2D eigenvalue weighted by Gasteiger charge is 2.16. The van der Waals surface area contributed by atoms with E-state index in [0.29, 0.717) is 5.69 Å². The van der Waals surface area contributed by atoms with Gasteiger partial charge in [0.25, 0.3) is 11.2 Å². The topological polar surface area (TPSA) is 106 Å². The number of thiocarbonyl (C=S) groups is 1. The molecule has 0 aliphatic rings. The van der Waals surface area contributed by atoms with Gasteiger partial charge in [-0.1, -0.05) is 24.3 Å². The fourth-order valence-corrected chi connectivity index (χ4v) is 3.01. The van der Waals surface area contributed by atoms with Crippen molar-refractivity contribution >= 4 is 41.0 Å². The molecule has 9 nitrogen and oxygen atoms in total. The third kappa shape index (κ3) is 5.11. The number of benzene rings is 2. The third-order valence-corrected chi connectivity index (χ3v) is 4.71. The summed E-state index contributed by atoms with van der Waals surface area (Å²) in [4.78, 5) is 23.1. The predicted octanol–water partition coefficient (Wildman–Crippen LogP) is 3.38. The molecular weight excluding hydrogens is 416 g/mol. The zero-order valence-corrected chi connectivity index (χ0v) is 17.7. The Bertz CT molecular complexity index is 1210. The Hall–Kier alpha value is -4.05. The lowest BCUT2D eigenvalue weighted by atomic mass is 10.2. The monoisotopic (exact) mass is 436 g/mol. The Morgan fingerprint density at radius 2 is 1.84 bits per heavy atom. The fraction of sp³-hybridized carbons (Fsp3) is 0.0952. The number of non-ortho nitro benzene ring substituents is 1. The van der Waals surface area contributed by atoms with Gasteiger partial charge in [0.15, 0.2) is 5.11 Å². The minimum absolute atomic E-state index is 0.0337. The van der Waals surface area contributed by atoms with E-state index in [9.17, 15) is 14.9 Å². The van der Waals surface area contributed by atoms with Crippen LogP contribution in [0, 0.1) is 17.0 Å². The number of nitro benzene ring substituents is 1. The molecule has 3 aromatic rings. The van der Waals surface area contributed by atoms with E-state index in [1.54, 1.807) is 40.7 Å². The van der Waals surface area contributed by atoms with Gasteiger partial charge in [-0.3, -0.25) is 25.0 Å². The highest BCUT2D eigenvalue weighted by molar-refractivity contribution is 7.80. The standard InChI is InChI=1S/C21H20N6O3S/c1-15-19(20(28)26(25(15)2)17-8-4-3-5-9-17)23-21(31)24-22-14-6-7-16-10-12-18(13-11-16)27(29)30/h3-14H,1-2H3,(H2,23,24,31)/b7-6+,22-14?. The molecule has 0 unspecified atom stereocenters. The normalized spacial score (nSPS) is 11.2. The van der Waals surface area contributed by atoms with Crippen molar-refractivity contribution in [1.82, 2.24) is 14.8 Å². The zero-order valence-electron chi connectivity index (χ0n) is 16.9. The maximum atomic E-state index is 12.8. The van der Waals surface area contributed by atoms with Crippen molar-refractivity contribution in [2.75, 3.05) is 5.32 Å². The number of hydrogen-bond donors (Lipinski definition) is 2. The van der Waals surface area contributed by atoms with Crippen LogP contribution in [0.1, 0.15) is 11.3 Å². The van der Waals surface area contributed by atoms with Crippen LogP contribution in [0.5, 0.6) is 0 Å². The number of anilines is 1. The van der Waals surface area contributed by atoms with Crippen LogP contribution in [0.4, 0.5) is 11.4 Å². The molecule has 2 N–H and O–H groups in total. The molecule has 0 atom stereocenters. The summed E-state index contributed by atoms with van der Waals surface area (Å²) < 4.78 is 3.30. The van der Waals surface area contributed by atoms with Gasteiger partial charge >= 0.3 is 0 Å². The minimum atomic E-state index is -0.449. The first-order valence-electron chi connectivity index (χ1n) is 9.23. The Labute approximate surface area is 183 Å². The molecule has 0 radical (unpaired) electrons. The second-order valence-electron chi connectivity index (χ2n) is 6.49. The molecule has 31 heavy (non-hydrogen) atoms. The number of hydrogen-bond acceptors (Lipinski definition) is 5. The molecule has 0 spiro atoms. The third-order valence-electron chi connectivity index (χ3n) is 4.51. The highest BCUT2D eigenvalue weighted by atomic mass is 32.1. The first kappa shape index (κ1) is 21.7. The molecule has 0 bridgehead atoms. The van der Waals surface area contributed by atoms with Crippen molar-refractivity contribution in [3.8, 4) is 5.69 Å². The number of aromatic nitrogens is 2. The lowest BCUT2D eigenvalue weighted by molar-refractivity contribution is -0.384. The van der Waals surface area contributed by atoms with Gasteiger partial charge in [-0.05, 0) is 55.0 Å². The number of rotatable bonds is 6. The van der Waals surface area contributed by atoms with Crippen molar-refractivity contribution in [3.63, 3.8) is 0 Å². The van der Waals surface area contributed by atoms with Crippen LogP contribution >= 0.6 is 12.2 Å². The molecule has 10 heteroatoms. The molecule has 0 saturated carbocycles. The Kier molecular flexibility index (Phi) is 6.73. The maximum Gasteiger partial charge on any atom is 0.295 e. The maximum absolute atomic E-state index is 12.8. The zero-order chi connectivity index (χ0) is 22.4. The second kappa shape index (κ2) is 9.63. The van der Waals surface area contributed by atoms with E-state index < -0.39 is 4.92 Å². The van der Waals surface area contributed by atoms with Gasteiger partial charge in [0, 0.05) is 25.4 Å². The van der Waals surface area contributed by atoms with E-state index in [-0.39, 0.29) is 16.4 Å². The van der Waals surface area contributed by atoms with Crippen molar-refractivity contribution in [1.29, 1.82) is 0 Å². The Morgan fingerprint density at radius 1 is 1.16 bits per heavy atom. The summed E-state index contributed by atoms with van der Waals surface area (Å²) >= 11 is 5.22. The van der Waals surface area contributed by atoms with E-state index in [2.05, 4.69) is 15.8 Å². The van der Waals surface area contributed by atoms with Crippen LogP contribution in [0.25, 0.3) is 11.8 Å². The van der Waals surface area contributed by atoms with Crippen LogP contribution in [-0.2, 0) is 7.05 Å². The van der Waals surface area contributed by atoms with Gasteiger partial charge in [-0.2, -0.15) is 5.10 Å². The highest BCUT2D eigenvalue weighted by Crippen LogP contribution is 2.14. The van der Waals surface area contributed by atoms with E-state index in [1.807, 2.05) is 37.3 Å². The summed E-state index contributed by atoms with van der Waals surface area (Å²) in [6.45, 7) is 1.82. The molecule has 2 aromatic carbocycles. The van der Waals surface area contributed by atoms with Crippen LogP contribution in [0.15, 0.2) is 70.6 Å². The minimum Gasteiger partial charge on any atom is -0.325 e. The molecule has 0 saturated heterocycles. The smallest absolute Gasteiger partial charge is 0.295 e. The van der Waals surface area contributed by atoms with Gasteiger partial charge in [-0.25, -0.2) is 4.68 Å². The first-order chi connectivity index (χ1) is 14.9. The van der Waals surface area contributed by atoms with E-state index in [1.165, 1.54) is 18.3 Å². The van der Waals surface area contributed by atoms with E-state index in [4.69, 9.17) is 12.2 Å².